The zero-order chi connectivity index (χ0) is 22.3. The van der Waals surface area contributed by atoms with E-state index in [9.17, 15) is 26.4 Å². The van der Waals surface area contributed by atoms with E-state index in [0.29, 0.717) is 22.8 Å². The van der Waals surface area contributed by atoms with Crippen molar-refractivity contribution >= 4 is 26.6 Å². The molecular formula is C21H14F3N3O3S. The Morgan fingerprint density at radius 2 is 1.68 bits per heavy atom. The summed E-state index contributed by atoms with van der Waals surface area (Å²) in [4.78, 5) is 16.4. The quantitative estimate of drug-likeness (QED) is 0.517. The van der Waals surface area contributed by atoms with Crippen LogP contribution in [-0.2, 0) is 10.0 Å². The smallest absolute Gasteiger partial charge is 0.265 e. The number of nitrogens with zero attached hydrogens (tertiary/aromatic N) is 2. The van der Waals surface area contributed by atoms with Gasteiger partial charge >= 0.3 is 0 Å². The van der Waals surface area contributed by atoms with Crippen molar-refractivity contribution in [2.24, 2.45) is 0 Å². The predicted octanol–water partition coefficient (Wildman–Crippen LogP) is 3.91. The van der Waals surface area contributed by atoms with Crippen molar-refractivity contribution in [3.63, 3.8) is 0 Å². The Hall–Kier alpha value is -3.66. The zero-order valence-electron chi connectivity index (χ0n) is 15.9. The van der Waals surface area contributed by atoms with E-state index in [0.717, 1.165) is 24.3 Å². The van der Waals surface area contributed by atoms with Crippen LogP contribution in [0.3, 0.4) is 0 Å². The summed E-state index contributed by atoms with van der Waals surface area (Å²) < 4.78 is 69.6. The Labute approximate surface area is 174 Å². The van der Waals surface area contributed by atoms with E-state index < -0.39 is 43.6 Å². The first-order valence-corrected chi connectivity index (χ1v) is 10.4. The molecular weight excluding hydrogens is 431 g/mol. The van der Waals surface area contributed by atoms with Gasteiger partial charge in [0.05, 0.1) is 22.3 Å². The van der Waals surface area contributed by atoms with Crippen molar-refractivity contribution in [1.82, 2.24) is 9.55 Å². The van der Waals surface area contributed by atoms with Crippen LogP contribution in [0.2, 0.25) is 0 Å². The van der Waals surface area contributed by atoms with Crippen LogP contribution < -0.4 is 10.3 Å². The molecule has 10 heteroatoms. The number of nitrogens with one attached hydrogen (secondary N) is 1. The maximum absolute atomic E-state index is 14.4. The van der Waals surface area contributed by atoms with E-state index in [1.165, 1.54) is 10.6 Å². The van der Waals surface area contributed by atoms with Gasteiger partial charge in [0.2, 0.25) is 0 Å². The first-order valence-electron chi connectivity index (χ1n) is 8.93. The third-order valence-electron chi connectivity index (χ3n) is 4.58. The number of hydrogen-bond donors (Lipinski definition) is 1. The van der Waals surface area contributed by atoms with E-state index in [2.05, 4.69) is 4.98 Å². The highest BCUT2D eigenvalue weighted by Crippen LogP contribution is 2.24. The number of aromatic nitrogens is 2. The Bertz CT molecular complexity index is 1500. The molecule has 0 unspecified atom stereocenters. The summed E-state index contributed by atoms with van der Waals surface area (Å²) in [6.45, 7) is 1.58. The lowest BCUT2D eigenvalue weighted by Gasteiger charge is -2.14. The Balaban J connectivity index is 1.82. The van der Waals surface area contributed by atoms with Crippen molar-refractivity contribution in [1.29, 1.82) is 0 Å². The van der Waals surface area contributed by atoms with Crippen LogP contribution in [-0.4, -0.2) is 18.0 Å². The molecule has 0 fully saturated rings. The van der Waals surface area contributed by atoms with E-state index in [1.54, 1.807) is 31.2 Å². The number of fused-ring (bicyclic) bond motifs is 1. The third-order valence-corrected chi connectivity index (χ3v) is 5.98. The van der Waals surface area contributed by atoms with Gasteiger partial charge < -0.3 is 0 Å². The van der Waals surface area contributed by atoms with Crippen LogP contribution in [0.5, 0.6) is 0 Å². The molecule has 4 rings (SSSR count). The van der Waals surface area contributed by atoms with Crippen LogP contribution in [0, 0.1) is 24.4 Å². The van der Waals surface area contributed by atoms with Gasteiger partial charge in [0.25, 0.3) is 15.6 Å². The number of halogens is 3. The zero-order valence-corrected chi connectivity index (χ0v) is 16.8. The van der Waals surface area contributed by atoms with E-state index in [1.807, 2.05) is 4.72 Å². The Morgan fingerprint density at radius 1 is 0.935 bits per heavy atom. The number of benzene rings is 3. The molecule has 0 aliphatic heterocycles. The molecule has 158 valence electrons. The fourth-order valence-electron chi connectivity index (χ4n) is 3.17. The molecule has 0 bridgehead atoms. The molecule has 1 heterocycles. The first-order chi connectivity index (χ1) is 14.7. The SMILES string of the molecule is Cc1nc2ccccc2c(=O)n1-c1ccc(F)c(NS(=O)(=O)c2ccc(F)cc2F)c1. The fraction of sp³-hybridized carbons (Fsp3) is 0.0476. The number of aryl methyl sites for hydroxylation is 1. The van der Waals surface area contributed by atoms with E-state index in [-0.39, 0.29) is 5.69 Å². The molecule has 0 atom stereocenters. The minimum absolute atomic E-state index is 0.152. The van der Waals surface area contributed by atoms with Gasteiger partial charge in [-0.3, -0.25) is 14.1 Å². The van der Waals surface area contributed by atoms with Gasteiger partial charge in [-0.15, -0.1) is 0 Å². The van der Waals surface area contributed by atoms with E-state index in [4.69, 9.17) is 0 Å². The molecule has 0 saturated carbocycles. The summed E-state index contributed by atoms with van der Waals surface area (Å²) >= 11 is 0. The van der Waals surface area contributed by atoms with Crippen LogP contribution in [0.1, 0.15) is 5.82 Å². The minimum Gasteiger partial charge on any atom is -0.276 e. The number of hydrogen-bond acceptors (Lipinski definition) is 4. The second kappa shape index (κ2) is 7.55. The number of rotatable bonds is 4. The summed E-state index contributed by atoms with van der Waals surface area (Å²) in [5.74, 6) is -2.93. The molecule has 6 nitrogen and oxygen atoms in total. The molecule has 0 amide bonds. The van der Waals surface area contributed by atoms with E-state index >= 15 is 0 Å². The lowest BCUT2D eigenvalue weighted by atomic mass is 10.2. The largest absolute Gasteiger partial charge is 0.276 e. The molecule has 0 aliphatic carbocycles. The van der Waals surface area contributed by atoms with Crippen molar-refractivity contribution in [3.8, 4) is 5.69 Å². The highest BCUT2D eigenvalue weighted by Gasteiger charge is 2.22. The second-order valence-corrected chi connectivity index (χ2v) is 8.31. The predicted molar refractivity (Wildman–Crippen MR) is 109 cm³/mol. The molecule has 3 aromatic carbocycles. The fourth-order valence-corrected chi connectivity index (χ4v) is 4.29. The number of para-hydroxylation sites is 1. The molecule has 0 aliphatic rings. The molecule has 1 N–H and O–H groups in total. The van der Waals surface area contributed by atoms with Crippen molar-refractivity contribution in [3.05, 3.63) is 94.3 Å². The average Bonchev–Trinajstić information content (AvgIpc) is 2.70. The molecule has 1 aromatic heterocycles. The standard InChI is InChI=1S/C21H14F3N3O3S/c1-12-25-18-5-3-2-4-15(18)21(28)27(12)14-7-8-16(23)19(11-14)26-31(29,30)20-9-6-13(22)10-17(20)24/h2-11,26H,1H3. The van der Waals surface area contributed by atoms with Crippen molar-refractivity contribution in [2.45, 2.75) is 11.8 Å². The maximum atomic E-state index is 14.4. The number of sulfonamides is 1. The van der Waals surface area contributed by atoms with Crippen LogP contribution >= 0.6 is 0 Å². The van der Waals surface area contributed by atoms with Gasteiger partial charge in [0, 0.05) is 6.07 Å². The lowest BCUT2D eigenvalue weighted by Crippen LogP contribution is -2.23. The highest BCUT2D eigenvalue weighted by molar-refractivity contribution is 7.92. The van der Waals surface area contributed by atoms with Crippen molar-refractivity contribution in [2.75, 3.05) is 4.72 Å². The summed E-state index contributed by atoms with van der Waals surface area (Å²) in [6, 6.07) is 11.9. The average molecular weight is 445 g/mol. The highest BCUT2D eigenvalue weighted by atomic mass is 32.2. The molecule has 0 radical (unpaired) electrons. The van der Waals surface area contributed by atoms with Crippen molar-refractivity contribution < 1.29 is 21.6 Å². The third kappa shape index (κ3) is 3.77. The van der Waals surface area contributed by atoms with Gasteiger partial charge in [-0.2, -0.15) is 0 Å². The van der Waals surface area contributed by atoms with Crippen LogP contribution in [0.4, 0.5) is 18.9 Å². The first kappa shape index (κ1) is 20.6. The number of anilines is 1. The Morgan fingerprint density at radius 3 is 2.42 bits per heavy atom. The van der Waals surface area contributed by atoms with Gasteiger partial charge in [-0.25, -0.2) is 26.6 Å². The summed E-state index contributed by atoms with van der Waals surface area (Å²) in [7, 11) is -4.57. The van der Waals surface area contributed by atoms with Crippen LogP contribution in [0.25, 0.3) is 16.6 Å². The maximum Gasteiger partial charge on any atom is 0.265 e. The second-order valence-electron chi connectivity index (χ2n) is 6.66. The molecule has 0 spiro atoms. The summed E-state index contributed by atoms with van der Waals surface area (Å²) in [6.07, 6.45) is 0. The summed E-state index contributed by atoms with van der Waals surface area (Å²) in [5.41, 5.74) is -0.302. The van der Waals surface area contributed by atoms with Gasteiger partial charge in [-0.1, -0.05) is 12.1 Å². The molecule has 0 saturated heterocycles. The minimum atomic E-state index is -4.57. The summed E-state index contributed by atoms with van der Waals surface area (Å²) in [5, 5.41) is 0.327. The monoisotopic (exact) mass is 445 g/mol. The van der Waals surface area contributed by atoms with Gasteiger partial charge in [0.15, 0.2) is 0 Å². The topological polar surface area (TPSA) is 81.1 Å². The van der Waals surface area contributed by atoms with Gasteiger partial charge in [0.1, 0.15) is 28.2 Å². The molecule has 31 heavy (non-hydrogen) atoms. The van der Waals surface area contributed by atoms with Crippen LogP contribution in [0.15, 0.2) is 70.4 Å². The van der Waals surface area contributed by atoms with Gasteiger partial charge in [-0.05, 0) is 49.4 Å². The lowest BCUT2D eigenvalue weighted by molar-refractivity contribution is 0.550. The Kier molecular flexibility index (Phi) is 5.02. The normalized spacial score (nSPS) is 11.6. The molecule has 4 aromatic rings.